The van der Waals surface area contributed by atoms with Crippen molar-refractivity contribution >= 4 is 0 Å². The molecule has 1 aromatic carbocycles. The molecule has 0 aromatic heterocycles. The third-order valence-corrected chi connectivity index (χ3v) is 3.08. The summed E-state index contributed by atoms with van der Waals surface area (Å²) in [6, 6.07) is 8.46. The molecule has 0 saturated heterocycles. The summed E-state index contributed by atoms with van der Waals surface area (Å²) >= 11 is 0. The molecule has 2 unspecified atom stereocenters. The highest BCUT2D eigenvalue weighted by Gasteiger charge is 2.18. The summed E-state index contributed by atoms with van der Waals surface area (Å²) in [6.07, 6.45) is -0.487. The standard InChI is InChI=1S/C14H24N2O2/c1-11-4-6-12(7-5-11)14(8-15)16(2)9-13(17)10-18-3/h4-7,13-14,17H,8-10,15H2,1-3H3. The molecule has 0 fully saturated rings. The Morgan fingerprint density at radius 2 is 1.94 bits per heavy atom. The van der Waals surface area contributed by atoms with Gasteiger partial charge in [0.25, 0.3) is 0 Å². The van der Waals surface area contributed by atoms with Crippen LogP contribution in [0.25, 0.3) is 0 Å². The van der Waals surface area contributed by atoms with Crippen molar-refractivity contribution in [1.82, 2.24) is 4.90 Å². The summed E-state index contributed by atoms with van der Waals surface area (Å²) < 4.78 is 4.93. The van der Waals surface area contributed by atoms with Gasteiger partial charge in [-0.05, 0) is 19.5 Å². The smallest absolute Gasteiger partial charge is 0.0900 e. The fraction of sp³-hybridized carbons (Fsp3) is 0.571. The molecule has 0 aliphatic carbocycles. The first-order valence-corrected chi connectivity index (χ1v) is 6.22. The quantitative estimate of drug-likeness (QED) is 0.758. The fourth-order valence-electron chi connectivity index (χ4n) is 2.06. The van der Waals surface area contributed by atoms with Crippen LogP contribution in [-0.4, -0.2) is 50.0 Å². The number of likely N-dealkylation sites (N-methyl/N-ethyl adjacent to an activating group) is 1. The maximum absolute atomic E-state index is 9.75. The lowest BCUT2D eigenvalue weighted by atomic mass is 10.0. The Morgan fingerprint density at radius 1 is 1.33 bits per heavy atom. The van der Waals surface area contributed by atoms with Crippen LogP contribution in [0.5, 0.6) is 0 Å². The van der Waals surface area contributed by atoms with Crippen molar-refractivity contribution in [2.24, 2.45) is 5.73 Å². The summed E-state index contributed by atoms with van der Waals surface area (Å²) in [5, 5.41) is 9.75. The highest BCUT2D eigenvalue weighted by Crippen LogP contribution is 2.18. The Hall–Kier alpha value is -0.940. The van der Waals surface area contributed by atoms with E-state index in [1.165, 1.54) is 11.1 Å². The minimum absolute atomic E-state index is 0.122. The van der Waals surface area contributed by atoms with Crippen LogP contribution in [0.4, 0.5) is 0 Å². The van der Waals surface area contributed by atoms with E-state index in [2.05, 4.69) is 36.1 Å². The molecule has 0 saturated carbocycles. The number of hydrogen-bond donors (Lipinski definition) is 2. The Balaban J connectivity index is 2.67. The van der Waals surface area contributed by atoms with Gasteiger partial charge in [0.05, 0.1) is 12.7 Å². The molecule has 0 radical (unpaired) electrons. The van der Waals surface area contributed by atoms with Gasteiger partial charge in [0.2, 0.25) is 0 Å². The lowest BCUT2D eigenvalue weighted by Crippen LogP contribution is -2.37. The molecule has 1 aromatic rings. The van der Waals surface area contributed by atoms with Crippen LogP contribution in [0.15, 0.2) is 24.3 Å². The third kappa shape index (κ3) is 4.38. The average Bonchev–Trinajstić information content (AvgIpc) is 2.32. The molecule has 4 heteroatoms. The molecular formula is C14H24N2O2. The number of ether oxygens (including phenoxy) is 1. The molecule has 2 atom stereocenters. The van der Waals surface area contributed by atoms with Crippen molar-refractivity contribution in [2.45, 2.75) is 19.1 Å². The zero-order valence-electron chi connectivity index (χ0n) is 11.5. The molecule has 18 heavy (non-hydrogen) atoms. The second kappa shape index (κ2) is 7.48. The topological polar surface area (TPSA) is 58.7 Å². The molecule has 0 aliphatic rings. The van der Waals surface area contributed by atoms with Crippen molar-refractivity contribution in [3.8, 4) is 0 Å². The normalized spacial score (nSPS) is 14.8. The van der Waals surface area contributed by atoms with Gasteiger partial charge in [-0.1, -0.05) is 29.8 Å². The van der Waals surface area contributed by atoms with Gasteiger partial charge in [-0.25, -0.2) is 0 Å². The maximum Gasteiger partial charge on any atom is 0.0900 e. The van der Waals surface area contributed by atoms with E-state index in [4.69, 9.17) is 10.5 Å². The molecule has 0 bridgehead atoms. The van der Waals surface area contributed by atoms with Crippen molar-refractivity contribution in [2.75, 3.05) is 33.9 Å². The summed E-state index contributed by atoms with van der Waals surface area (Å²) in [7, 11) is 3.56. The Labute approximate surface area is 109 Å². The SMILES string of the molecule is COCC(O)CN(C)C(CN)c1ccc(C)cc1. The van der Waals surface area contributed by atoms with Gasteiger partial charge >= 0.3 is 0 Å². The van der Waals surface area contributed by atoms with E-state index < -0.39 is 6.10 Å². The second-order valence-corrected chi connectivity index (χ2v) is 4.71. The second-order valence-electron chi connectivity index (χ2n) is 4.71. The van der Waals surface area contributed by atoms with Crippen molar-refractivity contribution < 1.29 is 9.84 Å². The van der Waals surface area contributed by atoms with Crippen molar-refractivity contribution in [1.29, 1.82) is 0 Å². The predicted molar refractivity (Wildman–Crippen MR) is 73.5 cm³/mol. The van der Waals surface area contributed by atoms with E-state index >= 15 is 0 Å². The van der Waals surface area contributed by atoms with Crippen LogP contribution in [0.2, 0.25) is 0 Å². The minimum atomic E-state index is -0.487. The molecule has 0 amide bonds. The van der Waals surface area contributed by atoms with Crippen molar-refractivity contribution in [3.63, 3.8) is 0 Å². The van der Waals surface area contributed by atoms with E-state index in [0.717, 1.165) is 0 Å². The van der Waals surface area contributed by atoms with Crippen molar-refractivity contribution in [3.05, 3.63) is 35.4 Å². The Morgan fingerprint density at radius 3 is 2.44 bits per heavy atom. The lowest BCUT2D eigenvalue weighted by molar-refractivity contribution is 0.0348. The van der Waals surface area contributed by atoms with E-state index in [1.54, 1.807) is 7.11 Å². The maximum atomic E-state index is 9.75. The first-order chi connectivity index (χ1) is 8.58. The number of nitrogens with two attached hydrogens (primary N) is 1. The van der Waals surface area contributed by atoms with Gasteiger partial charge in [0, 0.05) is 26.2 Å². The van der Waals surface area contributed by atoms with Gasteiger partial charge in [-0.2, -0.15) is 0 Å². The molecule has 3 N–H and O–H groups in total. The number of benzene rings is 1. The van der Waals surface area contributed by atoms with Crippen LogP contribution >= 0.6 is 0 Å². The summed E-state index contributed by atoms with van der Waals surface area (Å²) in [6.45, 7) is 3.48. The molecular weight excluding hydrogens is 228 g/mol. The van der Waals surface area contributed by atoms with Crippen LogP contribution in [-0.2, 0) is 4.74 Å². The number of aryl methyl sites for hydroxylation is 1. The number of aliphatic hydroxyl groups is 1. The van der Waals surface area contributed by atoms with E-state index in [9.17, 15) is 5.11 Å². The Kier molecular flexibility index (Phi) is 6.29. The molecule has 102 valence electrons. The monoisotopic (exact) mass is 252 g/mol. The molecule has 0 heterocycles. The van der Waals surface area contributed by atoms with E-state index in [-0.39, 0.29) is 6.04 Å². The minimum Gasteiger partial charge on any atom is -0.389 e. The lowest BCUT2D eigenvalue weighted by Gasteiger charge is -2.29. The highest BCUT2D eigenvalue weighted by molar-refractivity contribution is 5.24. The molecule has 0 aliphatic heterocycles. The van der Waals surface area contributed by atoms with E-state index in [1.807, 2.05) is 7.05 Å². The van der Waals surface area contributed by atoms with Gasteiger partial charge in [0.1, 0.15) is 0 Å². The van der Waals surface area contributed by atoms with E-state index in [0.29, 0.717) is 19.7 Å². The first-order valence-electron chi connectivity index (χ1n) is 6.22. The van der Waals surface area contributed by atoms with Gasteiger partial charge in [0.15, 0.2) is 0 Å². The number of hydrogen-bond acceptors (Lipinski definition) is 4. The summed E-state index contributed by atoms with van der Waals surface area (Å²) in [5.74, 6) is 0. The molecule has 1 rings (SSSR count). The predicted octanol–water partition coefficient (Wildman–Crippen LogP) is 0.934. The molecule has 0 spiro atoms. The van der Waals surface area contributed by atoms with Gasteiger partial charge in [-0.15, -0.1) is 0 Å². The van der Waals surface area contributed by atoms with Crippen LogP contribution in [0, 0.1) is 6.92 Å². The summed E-state index contributed by atoms with van der Waals surface area (Å²) in [4.78, 5) is 2.06. The first kappa shape index (κ1) is 15.1. The Bertz CT molecular complexity index is 340. The number of nitrogens with zero attached hydrogens (tertiary/aromatic N) is 1. The summed E-state index contributed by atoms with van der Waals surface area (Å²) in [5.41, 5.74) is 8.25. The molecule has 4 nitrogen and oxygen atoms in total. The third-order valence-electron chi connectivity index (χ3n) is 3.08. The number of methoxy groups -OCH3 is 1. The highest BCUT2D eigenvalue weighted by atomic mass is 16.5. The van der Waals surface area contributed by atoms with Crippen LogP contribution < -0.4 is 5.73 Å². The largest absolute Gasteiger partial charge is 0.389 e. The van der Waals surface area contributed by atoms with Crippen LogP contribution in [0.1, 0.15) is 17.2 Å². The average molecular weight is 252 g/mol. The van der Waals surface area contributed by atoms with Gasteiger partial charge in [-0.3, -0.25) is 4.90 Å². The van der Waals surface area contributed by atoms with Gasteiger partial charge < -0.3 is 15.6 Å². The van der Waals surface area contributed by atoms with Crippen LogP contribution in [0.3, 0.4) is 0 Å². The fourth-order valence-corrected chi connectivity index (χ4v) is 2.06. The number of rotatable bonds is 7. The number of aliphatic hydroxyl groups excluding tert-OH is 1. The zero-order chi connectivity index (χ0) is 13.5. The zero-order valence-corrected chi connectivity index (χ0v) is 11.5.